The van der Waals surface area contributed by atoms with Gasteiger partial charge in [-0.3, -0.25) is 0 Å². The van der Waals surface area contributed by atoms with E-state index in [9.17, 15) is 0 Å². The summed E-state index contributed by atoms with van der Waals surface area (Å²) in [7, 11) is -1.23. The first-order valence-electron chi connectivity index (χ1n) is 18.3. The predicted octanol–water partition coefficient (Wildman–Crippen LogP) is 11.9. The molecule has 4 aromatic carbocycles. The van der Waals surface area contributed by atoms with Crippen LogP contribution in [-0.4, -0.2) is 18.0 Å². The maximum atomic E-state index is 8.74. The molecule has 2 nitrogen and oxygen atoms in total. The molecule has 0 aliphatic heterocycles. The molecule has 0 unspecified atom stereocenters. The fraction of sp³-hybridized carbons (Fsp3) is 0.190. The zero-order valence-electron chi connectivity index (χ0n) is 32.4. The third-order valence-corrected chi connectivity index (χ3v) is 12.4. The van der Waals surface area contributed by atoms with Crippen LogP contribution in [-0.2, 0) is 26.5 Å². The van der Waals surface area contributed by atoms with Crippen molar-refractivity contribution >= 4 is 76.3 Å². The van der Waals surface area contributed by atoms with Gasteiger partial charge >= 0.3 is 0 Å². The van der Waals surface area contributed by atoms with Gasteiger partial charge in [-0.05, 0) is 73.6 Å². The number of nitrogens with zero attached hydrogens (tertiary/aromatic N) is 2. The van der Waals surface area contributed by atoms with E-state index in [1.54, 1.807) is 42.6 Å². The zero-order chi connectivity index (χ0) is 37.0. The van der Waals surface area contributed by atoms with Gasteiger partial charge < -0.3 is 9.97 Å². The Morgan fingerprint density at radius 1 is 0.812 bits per heavy atom. The summed E-state index contributed by atoms with van der Waals surface area (Å²) < 4.78 is 45.9. The van der Waals surface area contributed by atoms with Crippen LogP contribution in [0.1, 0.15) is 31.8 Å². The van der Waals surface area contributed by atoms with E-state index in [0.717, 1.165) is 41.7 Å². The van der Waals surface area contributed by atoms with E-state index >= 15 is 0 Å². The van der Waals surface area contributed by atoms with E-state index in [1.807, 2.05) is 48.7 Å². The van der Waals surface area contributed by atoms with Crippen LogP contribution in [0.3, 0.4) is 0 Å². The molecule has 4 heterocycles. The molecule has 243 valence electrons. The van der Waals surface area contributed by atoms with E-state index < -0.39 is 27.2 Å². The number of pyridine rings is 2. The first-order valence-corrected chi connectivity index (χ1v) is 20.9. The summed E-state index contributed by atoms with van der Waals surface area (Å²) in [6.45, 7) is 8.07. The van der Waals surface area contributed by atoms with Crippen molar-refractivity contribution in [3.05, 3.63) is 127 Å². The van der Waals surface area contributed by atoms with E-state index in [4.69, 9.17) is 6.85 Å². The second-order valence-electron chi connectivity index (χ2n) is 13.0. The number of rotatable bonds is 5. The largest absolute Gasteiger partial charge is 0.305 e. The summed E-state index contributed by atoms with van der Waals surface area (Å²) in [6.07, 6.45) is 1.52. The van der Waals surface area contributed by atoms with Crippen molar-refractivity contribution in [2.75, 3.05) is 0 Å². The van der Waals surface area contributed by atoms with Gasteiger partial charge in [0.2, 0.25) is 0 Å². The Kier molecular flexibility index (Phi) is 8.35. The van der Waals surface area contributed by atoms with Crippen LogP contribution < -0.4 is 5.19 Å². The summed E-state index contributed by atoms with van der Waals surface area (Å²) in [5.74, 6) is -0.410. The normalized spacial score (nSPS) is 13.8. The van der Waals surface area contributed by atoms with Gasteiger partial charge in [0.25, 0.3) is 0 Å². The average molecular weight is 860 g/mol. The van der Waals surface area contributed by atoms with E-state index in [-0.39, 0.29) is 31.2 Å². The van der Waals surface area contributed by atoms with Crippen molar-refractivity contribution in [1.29, 1.82) is 0 Å². The van der Waals surface area contributed by atoms with Crippen LogP contribution in [0, 0.1) is 24.9 Å². The van der Waals surface area contributed by atoms with E-state index in [0.29, 0.717) is 5.69 Å². The van der Waals surface area contributed by atoms with Crippen LogP contribution >= 0.6 is 22.7 Å². The summed E-state index contributed by atoms with van der Waals surface area (Å²) in [4.78, 5) is 9.10. The Labute approximate surface area is 313 Å². The Bertz CT molecular complexity index is 2560. The molecule has 6 heteroatoms. The van der Waals surface area contributed by atoms with Gasteiger partial charge in [0.05, 0.1) is 8.07 Å². The monoisotopic (exact) mass is 860 g/mol. The Morgan fingerprint density at radius 3 is 2.15 bits per heavy atom. The number of hydrogen-bond donors (Lipinski definition) is 0. The number of fused-ring (bicyclic) bond motifs is 7. The van der Waals surface area contributed by atoms with Gasteiger partial charge in [-0.2, -0.15) is 22.7 Å². The van der Waals surface area contributed by atoms with Crippen molar-refractivity contribution in [3.63, 3.8) is 0 Å². The number of aryl methyl sites for hydroxylation is 1. The minimum Gasteiger partial charge on any atom is -0.305 e. The third-order valence-electron chi connectivity index (χ3n) is 8.13. The molecular weight excluding hydrogens is 817 g/mol. The van der Waals surface area contributed by atoms with Crippen molar-refractivity contribution in [3.8, 4) is 22.5 Å². The van der Waals surface area contributed by atoms with Gasteiger partial charge in [0.15, 0.2) is 0 Å². The third kappa shape index (κ3) is 6.83. The molecule has 0 aliphatic carbocycles. The number of aromatic nitrogens is 2. The van der Waals surface area contributed by atoms with Crippen LogP contribution in [0.25, 0.3) is 62.9 Å². The second-order valence-corrected chi connectivity index (χ2v) is 20.2. The Balaban J connectivity index is 0.000000238. The standard InChI is InChI=1S/C28H22NS2.C14H16NSi.Ir/c1-16(2)12-18-13-22(29-15-17(18)3)21-14-25-26(19-8-4-6-10-23(19)30-25)27-20-9-5-7-11-24(20)31-28(21)27;1-16(2,3)13-9-10-14(15-11-13)12-7-5-4-6-8-12;/h4-11,13,15-16H,12H2,1-3H3;4-7,9-11H,1-3H3;/q2*-1;/i3D3,12D2;;. The molecular formula is C42H38IrN2S2Si-2. The fourth-order valence-electron chi connectivity index (χ4n) is 5.77. The first-order chi connectivity index (χ1) is 24.6. The van der Waals surface area contributed by atoms with Crippen molar-refractivity contribution in [1.82, 2.24) is 9.97 Å². The van der Waals surface area contributed by atoms with Crippen molar-refractivity contribution < 1.29 is 27.0 Å². The molecule has 0 saturated heterocycles. The fourth-order valence-corrected chi connectivity index (χ4v) is 9.14. The quantitative estimate of drug-likeness (QED) is 0.127. The molecule has 0 amide bonds. The Morgan fingerprint density at radius 2 is 1.50 bits per heavy atom. The summed E-state index contributed by atoms with van der Waals surface area (Å²) in [5.41, 5.74) is 3.51. The van der Waals surface area contributed by atoms with Gasteiger partial charge in [-0.25, -0.2) is 0 Å². The number of hydrogen-bond acceptors (Lipinski definition) is 4. The molecule has 0 saturated carbocycles. The van der Waals surface area contributed by atoms with Gasteiger partial charge in [-0.15, -0.1) is 47.5 Å². The maximum absolute atomic E-state index is 8.74. The predicted molar refractivity (Wildman–Crippen MR) is 209 cm³/mol. The molecule has 0 spiro atoms. The molecule has 0 fully saturated rings. The molecule has 8 rings (SSSR count). The average Bonchev–Trinajstić information content (AvgIpc) is 3.69. The van der Waals surface area contributed by atoms with Crippen LogP contribution in [0.5, 0.6) is 0 Å². The van der Waals surface area contributed by atoms with E-state index in [2.05, 4.69) is 84.2 Å². The number of thiophene rings is 2. The molecule has 0 N–H and O–H groups in total. The van der Waals surface area contributed by atoms with E-state index in [1.165, 1.54) is 26.9 Å². The molecule has 0 aliphatic rings. The molecule has 1 radical (unpaired) electrons. The van der Waals surface area contributed by atoms with Gasteiger partial charge in [0, 0.05) is 48.8 Å². The van der Waals surface area contributed by atoms with Crippen LogP contribution in [0.15, 0.2) is 103 Å². The molecule has 8 aromatic rings. The van der Waals surface area contributed by atoms with Crippen molar-refractivity contribution in [2.45, 2.75) is 46.7 Å². The summed E-state index contributed by atoms with van der Waals surface area (Å²) >= 11 is 3.34. The molecule has 0 bridgehead atoms. The topological polar surface area (TPSA) is 25.8 Å². The minimum absolute atomic E-state index is 0. The minimum atomic E-state index is -2.46. The number of benzene rings is 4. The smallest absolute Gasteiger partial charge is 0.0795 e. The first kappa shape index (κ1) is 28.3. The Hall–Kier alpha value is -3.51. The SMILES string of the molecule is C[Si](C)(C)c1ccc(-c2[c-]cccc2)nc1.[2H]C([2H])([2H])c1cnc(-c2[c-]c3sc4ccccc4c3c3c2sc2ccccc23)cc1C([2H])([2H])C(C)C.[Ir]. The van der Waals surface area contributed by atoms with Gasteiger partial charge in [-0.1, -0.05) is 104 Å². The summed E-state index contributed by atoms with van der Waals surface area (Å²) in [6, 6.07) is 37.4. The maximum Gasteiger partial charge on any atom is 0.0795 e. The zero-order valence-corrected chi connectivity index (χ0v) is 32.5. The van der Waals surface area contributed by atoms with Crippen LogP contribution in [0.2, 0.25) is 19.6 Å². The van der Waals surface area contributed by atoms with Gasteiger partial charge in [0.1, 0.15) is 0 Å². The molecule has 4 aromatic heterocycles. The molecule has 48 heavy (non-hydrogen) atoms. The molecule has 0 atom stereocenters. The summed E-state index contributed by atoms with van der Waals surface area (Å²) in [5, 5.41) is 6.07. The van der Waals surface area contributed by atoms with Crippen LogP contribution in [0.4, 0.5) is 0 Å². The second kappa shape index (κ2) is 14.1. The van der Waals surface area contributed by atoms with Crippen molar-refractivity contribution in [2.24, 2.45) is 5.92 Å².